The highest BCUT2D eigenvalue weighted by molar-refractivity contribution is 7.17. The maximum absolute atomic E-state index is 12.9. The molecule has 32 heavy (non-hydrogen) atoms. The van der Waals surface area contributed by atoms with E-state index >= 15 is 0 Å². The molecule has 2 aromatic heterocycles. The summed E-state index contributed by atoms with van der Waals surface area (Å²) in [5.41, 5.74) is 3.57. The van der Waals surface area contributed by atoms with Crippen molar-refractivity contribution in [2.75, 3.05) is 45.3 Å². The Balaban J connectivity index is 1.57. The number of anilines is 1. The van der Waals surface area contributed by atoms with Crippen molar-refractivity contribution in [1.29, 1.82) is 0 Å². The number of ether oxygens (including phenoxy) is 2. The molecule has 4 heterocycles. The van der Waals surface area contributed by atoms with Crippen LogP contribution < -0.4 is 14.8 Å². The first-order chi connectivity index (χ1) is 15.5. The van der Waals surface area contributed by atoms with Gasteiger partial charge in [-0.05, 0) is 55.6 Å². The second-order valence-corrected chi connectivity index (χ2v) is 10.5. The lowest BCUT2D eigenvalue weighted by Crippen LogP contribution is -2.46. The van der Waals surface area contributed by atoms with Crippen LogP contribution in [0.25, 0.3) is 0 Å². The summed E-state index contributed by atoms with van der Waals surface area (Å²) in [6.07, 6.45) is 0. The van der Waals surface area contributed by atoms with Crippen LogP contribution in [0, 0.1) is 13.8 Å². The van der Waals surface area contributed by atoms with Gasteiger partial charge in [0.2, 0.25) is 6.79 Å². The van der Waals surface area contributed by atoms with Crippen LogP contribution in [-0.2, 0) is 0 Å². The highest BCUT2D eigenvalue weighted by atomic mass is 32.1. The minimum atomic E-state index is -0.0506. The van der Waals surface area contributed by atoms with Crippen molar-refractivity contribution >= 4 is 33.6 Å². The van der Waals surface area contributed by atoms with Gasteiger partial charge in [-0.15, -0.1) is 22.7 Å². The number of hydrogen-bond donors (Lipinski definition) is 1. The summed E-state index contributed by atoms with van der Waals surface area (Å²) in [4.78, 5) is 19.8. The topological polar surface area (TPSA) is 54.0 Å². The molecule has 0 aliphatic carbocycles. The van der Waals surface area contributed by atoms with Gasteiger partial charge in [0.25, 0.3) is 5.91 Å². The van der Waals surface area contributed by atoms with E-state index < -0.39 is 0 Å². The molecule has 2 aliphatic rings. The molecule has 1 atom stereocenters. The molecule has 1 saturated heterocycles. The van der Waals surface area contributed by atoms with Gasteiger partial charge in [-0.25, -0.2) is 0 Å². The van der Waals surface area contributed by atoms with E-state index in [-0.39, 0.29) is 18.7 Å². The van der Waals surface area contributed by atoms with E-state index in [0.29, 0.717) is 0 Å². The number of nitrogens with zero attached hydrogens (tertiary/aromatic N) is 2. The van der Waals surface area contributed by atoms with Gasteiger partial charge in [0.05, 0.1) is 10.9 Å². The van der Waals surface area contributed by atoms with Gasteiger partial charge in [-0.2, -0.15) is 0 Å². The molecule has 0 saturated carbocycles. The third-order valence-corrected chi connectivity index (χ3v) is 8.30. The largest absolute Gasteiger partial charge is 0.454 e. The van der Waals surface area contributed by atoms with Crippen molar-refractivity contribution in [3.05, 3.63) is 62.2 Å². The Bertz CT molecular complexity index is 1120. The van der Waals surface area contributed by atoms with Crippen LogP contribution in [0.5, 0.6) is 11.5 Å². The number of rotatable bonds is 5. The van der Waals surface area contributed by atoms with Crippen LogP contribution in [0.3, 0.4) is 0 Å². The molecule has 1 aromatic carbocycles. The van der Waals surface area contributed by atoms with E-state index in [4.69, 9.17) is 9.47 Å². The van der Waals surface area contributed by atoms with Gasteiger partial charge >= 0.3 is 0 Å². The Morgan fingerprint density at radius 2 is 1.88 bits per heavy atom. The van der Waals surface area contributed by atoms with Crippen molar-refractivity contribution in [3.63, 3.8) is 0 Å². The number of nitrogens with one attached hydrogen (secondary N) is 1. The lowest BCUT2D eigenvalue weighted by atomic mass is 9.94. The number of fused-ring (bicyclic) bond motifs is 1. The number of piperazine rings is 1. The summed E-state index contributed by atoms with van der Waals surface area (Å²) in [6, 6.07) is 10.0. The van der Waals surface area contributed by atoms with Crippen molar-refractivity contribution in [2.24, 2.45) is 0 Å². The maximum atomic E-state index is 12.9. The zero-order valence-corrected chi connectivity index (χ0v) is 20.1. The molecule has 1 amide bonds. The van der Waals surface area contributed by atoms with Crippen LogP contribution in [0.1, 0.15) is 37.3 Å². The third kappa shape index (κ3) is 4.03. The molecule has 0 radical (unpaired) electrons. The molecule has 3 aromatic rings. The Hall–Kier alpha value is -2.39. The van der Waals surface area contributed by atoms with E-state index in [1.807, 2.05) is 23.6 Å². The number of hydrogen-bond acceptors (Lipinski definition) is 7. The molecule has 1 fully saturated rings. The van der Waals surface area contributed by atoms with Crippen LogP contribution in [-0.4, -0.2) is 55.7 Å². The van der Waals surface area contributed by atoms with Crippen LogP contribution in [0.2, 0.25) is 0 Å². The fourth-order valence-corrected chi connectivity index (χ4v) is 6.07. The Morgan fingerprint density at radius 1 is 1.09 bits per heavy atom. The number of thiophene rings is 2. The van der Waals surface area contributed by atoms with Crippen molar-refractivity contribution in [3.8, 4) is 11.5 Å². The van der Waals surface area contributed by atoms with Gasteiger partial charge in [-0.3, -0.25) is 9.69 Å². The van der Waals surface area contributed by atoms with Gasteiger partial charge in [-0.1, -0.05) is 12.1 Å². The van der Waals surface area contributed by atoms with Gasteiger partial charge in [0.1, 0.15) is 5.00 Å². The number of likely N-dealkylation sites (N-methyl/N-ethyl adjacent to an activating group) is 1. The van der Waals surface area contributed by atoms with E-state index in [9.17, 15) is 4.79 Å². The molecule has 5 rings (SSSR count). The summed E-state index contributed by atoms with van der Waals surface area (Å²) < 4.78 is 11.2. The zero-order valence-electron chi connectivity index (χ0n) is 18.5. The smallest absolute Gasteiger partial charge is 0.266 e. The van der Waals surface area contributed by atoms with Crippen molar-refractivity contribution in [1.82, 2.24) is 9.80 Å². The van der Waals surface area contributed by atoms with E-state index in [1.165, 1.54) is 27.3 Å². The van der Waals surface area contributed by atoms with Gasteiger partial charge < -0.3 is 19.7 Å². The predicted octanol–water partition coefficient (Wildman–Crippen LogP) is 4.74. The van der Waals surface area contributed by atoms with Crippen LogP contribution >= 0.6 is 22.7 Å². The van der Waals surface area contributed by atoms with Crippen molar-refractivity contribution < 1.29 is 14.3 Å². The first-order valence-corrected chi connectivity index (χ1v) is 12.5. The number of carbonyl (C=O) groups excluding carboxylic acids is 1. The number of benzene rings is 1. The Morgan fingerprint density at radius 3 is 2.62 bits per heavy atom. The minimum Gasteiger partial charge on any atom is -0.454 e. The number of carbonyl (C=O) groups is 1. The number of amides is 1. The summed E-state index contributed by atoms with van der Waals surface area (Å²) in [7, 11) is 2.17. The first-order valence-electron chi connectivity index (χ1n) is 10.8. The molecule has 0 spiro atoms. The summed E-state index contributed by atoms with van der Waals surface area (Å²) in [6.45, 7) is 8.50. The van der Waals surface area contributed by atoms with Gasteiger partial charge in [0, 0.05) is 36.6 Å². The minimum absolute atomic E-state index is 0.0294. The fourth-order valence-electron chi connectivity index (χ4n) is 4.36. The molecular weight excluding hydrogens is 442 g/mol. The third-order valence-electron chi connectivity index (χ3n) is 6.29. The Labute approximate surface area is 196 Å². The highest BCUT2D eigenvalue weighted by Crippen LogP contribution is 2.45. The second kappa shape index (κ2) is 8.86. The van der Waals surface area contributed by atoms with Crippen molar-refractivity contribution in [2.45, 2.75) is 19.9 Å². The molecule has 0 unspecified atom stereocenters. The zero-order chi connectivity index (χ0) is 22.2. The molecule has 2 aliphatic heterocycles. The average Bonchev–Trinajstić information content (AvgIpc) is 3.53. The second-order valence-electron chi connectivity index (χ2n) is 8.31. The lowest BCUT2D eigenvalue weighted by Gasteiger charge is -2.39. The van der Waals surface area contributed by atoms with E-state index in [2.05, 4.69) is 48.1 Å². The normalized spacial score (nSPS) is 17.5. The Kier molecular flexibility index (Phi) is 5.94. The molecular formula is C24H27N3O3S2. The van der Waals surface area contributed by atoms with E-state index in [0.717, 1.165) is 53.1 Å². The maximum Gasteiger partial charge on any atom is 0.266 e. The van der Waals surface area contributed by atoms with Crippen LogP contribution in [0.4, 0.5) is 5.00 Å². The quantitative estimate of drug-likeness (QED) is 0.585. The van der Waals surface area contributed by atoms with E-state index in [1.54, 1.807) is 11.3 Å². The molecule has 0 bridgehead atoms. The molecule has 1 N–H and O–H groups in total. The predicted molar refractivity (Wildman–Crippen MR) is 130 cm³/mol. The lowest BCUT2D eigenvalue weighted by molar-refractivity contribution is 0.103. The van der Waals surface area contributed by atoms with Crippen LogP contribution in [0.15, 0.2) is 35.7 Å². The van der Waals surface area contributed by atoms with Gasteiger partial charge in [0.15, 0.2) is 11.5 Å². The molecule has 168 valence electrons. The average molecular weight is 470 g/mol. The first kappa shape index (κ1) is 21.5. The molecule has 6 nitrogen and oxygen atoms in total. The summed E-state index contributed by atoms with van der Waals surface area (Å²) in [5, 5.41) is 6.08. The standard InChI is InChI=1S/C24H27N3O3S2/c1-15-16(2)32-24(25-23(28)20-5-4-12-31-20)21(15)22(27-10-8-26(3)9-11-27)17-6-7-18-19(13-17)30-14-29-18/h4-7,12-13,22H,8-11,14H2,1-3H3,(H,25,28)/t22-/m1/s1. The summed E-state index contributed by atoms with van der Waals surface area (Å²) >= 11 is 3.12. The number of aryl methyl sites for hydroxylation is 1. The highest BCUT2D eigenvalue weighted by Gasteiger charge is 2.32. The summed E-state index contributed by atoms with van der Waals surface area (Å²) in [5.74, 6) is 1.52. The fraction of sp³-hybridized carbons (Fsp3) is 0.375. The SMILES string of the molecule is Cc1sc(NC(=O)c2cccs2)c([C@@H](c2ccc3c(c2)OCO3)N2CCN(C)CC2)c1C. The molecule has 8 heteroatoms. The monoisotopic (exact) mass is 469 g/mol.